The number of ether oxygens (including phenoxy) is 1. The van der Waals surface area contributed by atoms with E-state index in [-0.39, 0.29) is 0 Å². The van der Waals surface area contributed by atoms with Crippen molar-refractivity contribution in [3.8, 4) is 0 Å². The largest absolute Gasteiger partial charge is 0.495 e. The molecule has 2 heterocycles. The van der Waals surface area contributed by atoms with Crippen molar-refractivity contribution < 1.29 is 9.84 Å². The van der Waals surface area contributed by atoms with Gasteiger partial charge in [-0.1, -0.05) is 0 Å². The van der Waals surface area contributed by atoms with Gasteiger partial charge >= 0.3 is 0 Å². The molecular formula is C10H17NO2. The molecule has 0 spiro atoms. The second kappa shape index (κ2) is 3.31. The fourth-order valence-corrected chi connectivity index (χ4v) is 1.98. The smallest absolute Gasteiger partial charge is 0.124 e. The van der Waals surface area contributed by atoms with Crippen LogP contribution in [0.15, 0.2) is 11.8 Å². The van der Waals surface area contributed by atoms with Gasteiger partial charge in [-0.15, -0.1) is 0 Å². The first-order chi connectivity index (χ1) is 6.21. The summed E-state index contributed by atoms with van der Waals surface area (Å²) in [6.07, 6.45) is 4.59. The normalized spacial score (nSPS) is 28.3. The Hall–Kier alpha value is -0.540. The molecule has 2 aliphatic heterocycles. The van der Waals surface area contributed by atoms with Crippen molar-refractivity contribution in [2.75, 3.05) is 26.7 Å². The lowest BCUT2D eigenvalue weighted by molar-refractivity contribution is -0.0254. The number of hydrogen-bond donors (Lipinski definition) is 1. The fourth-order valence-electron chi connectivity index (χ4n) is 1.98. The van der Waals surface area contributed by atoms with Crippen molar-refractivity contribution in [2.24, 2.45) is 0 Å². The van der Waals surface area contributed by atoms with Crippen LogP contribution >= 0.6 is 0 Å². The Morgan fingerprint density at radius 2 is 2.15 bits per heavy atom. The molecule has 0 atom stereocenters. The lowest BCUT2D eigenvalue weighted by Gasteiger charge is -2.36. The molecule has 0 saturated carbocycles. The fraction of sp³-hybridized carbons (Fsp3) is 0.800. The maximum atomic E-state index is 10.3. The zero-order chi connectivity index (χ0) is 9.31. The van der Waals surface area contributed by atoms with E-state index in [0.717, 1.165) is 44.7 Å². The molecule has 2 rings (SSSR count). The third kappa shape index (κ3) is 1.71. The zero-order valence-electron chi connectivity index (χ0n) is 8.12. The van der Waals surface area contributed by atoms with Gasteiger partial charge in [-0.3, -0.25) is 0 Å². The Balaban J connectivity index is 2.03. The summed E-state index contributed by atoms with van der Waals surface area (Å²) in [7, 11) is 2.09. The Morgan fingerprint density at radius 1 is 1.46 bits per heavy atom. The quantitative estimate of drug-likeness (QED) is 0.651. The number of rotatable bonds is 1. The van der Waals surface area contributed by atoms with Gasteiger partial charge in [0.15, 0.2) is 0 Å². The van der Waals surface area contributed by atoms with E-state index in [9.17, 15) is 5.11 Å². The highest BCUT2D eigenvalue weighted by molar-refractivity contribution is 5.14. The summed E-state index contributed by atoms with van der Waals surface area (Å²) in [6.45, 7) is 2.65. The molecule has 0 bridgehead atoms. The van der Waals surface area contributed by atoms with Crippen LogP contribution in [0.1, 0.15) is 19.3 Å². The van der Waals surface area contributed by atoms with Gasteiger partial charge in [0.25, 0.3) is 0 Å². The molecular weight excluding hydrogens is 166 g/mol. The van der Waals surface area contributed by atoms with Crippen molar-refractivity contribution in [3.05, 3.63) is 11.8 Å². The van der Waals surface area contributed by atoms with E-state index in [0.29, 0.717) is 0 Å². The van der Waals surface area contributed by atoms with Gasteiger partial charge < -0.3 is 14.7 Å². The molecule has 1 N–H and O–H groups in total. The van der Waals surface area contributed by atoms with E-state index in [1.54, 1.807) is 0 Å². The summed E-state index contributed by atoms with van der Waals surface area (Å²) in [5.41, 5.74) is -0.664. The predicted molar refractivity (Wildman–Crippen MR) is 50.3 cm³/mol. The molecule has 3 nitrogen and oxygen atoms in total. The SMILES string of the molecule is CN1CCC(O)(C2=CCCO2)CC1. The van der Waals surface area contributed by atoms with Crippen LogP contribution in [-0.2, 0) is 4.74 Å². The Bertz CT molecular complexity index is 217. The third-order valence-electron chi connectivity index (χ3n) is 2.98. The molecule has 13 heavy (non-hydrogen) atoms. The molecule has 0 aliphatic carbocycles. The van der Waals surface area contributed by atoms with Crippen LogP contribution in [0.2, 0.25) is 0 Å². The van der Waals surface area contributed by atoms with E-state index in [1.807, 2.05) is 6.08 Å². The van der Waals surface area contributed by atoms with Crippen LogP contribution < -0.4 is 0 Å². The standard InChI is InChI=1S/C10H17NO2/c1-11-6-4-10(12,5-7-11)9-3-2-8-13-9/h3,12H,2,4-8H2,1H3. The highest BCUT2D eigenvalue weighted by Crippen LogP contribution is 2.32. The number of nitrogens with zero attached hydrogens (tertiary/aromatic N) is 1. The Labute approximate surface area is 79.0 Å². The predicted octanol–water partition coefficient (Wildman–Crippen LogP) is 0.747. The van der Waals surface area contributed by atoms with E-state index < -0.39 is 5.60 Å². The molecule has 2 aliphatic rings. The topological polar surface area (TPSA) is 32.7 Å². The molecule has 74 valence electrons. The van der Waals surface area contributed by atoms with Crippen molar-refractivity contribution in [2.45, 2.75) is 24.9 Å². The highest BCUT2D eigenvalue weighted by atomic mass is 16.5. The second-order valence-electron chi connectivity index (χ2n) is 4.04. The van der Waals surface area contributed by atoms with E-state index in [4.69, 9.17) is 4.74 Å². The highest BCUT2D eigenvalue weighted by Gasteiger charge is 2.37. The maximum Gasteiger partial charge on any atom is 0.124 e. The minimum atomic E-state index is -0.664. The van der Waals surface area contributed by atoms with Gasteiger partial charge in [0.05, 0.1) is 6.61 Å². The van der Waals surface area contributed by atoms with E-state index in [2.05, 4.69) is 11.9 Å². The van der Waals surface area contributed by atoms with Crippen LogP contribution in [-0.4, -0.2) is 42.4 Å². The van der Waals surface area contributed by atoms with Gasteiger partial charge in [0.1, 0.15) is 11.4 Å². The van der Waals surface area contributed by atoms with Gasteiger partial charge in [-0.05, 0) is 26.0 Å². The Morgan fingerprint density at radius 3 is 2.69 bits per heavy atom. The van der Waals surface area contributed by atoms with E-state index in [1.165, 1.54) is 0 Å². The van der Waals surface area contributed by atoms with Crippen LogP contribution in [0.4, 0.5) is 0 Å². The first kappa shape index (κ1) is 9.03. The summed E-state index contributed by atoms with van der Waals surface area (Å²) in [5, 5.41) is 10.3. The molecule has 1 fully saturated rings. The summed E-state index contributed by atoms with van der Waals surface area (Å²) >= 11 is 0. The average Bonchev–Trinajstić information content (AvgIpc) is 2.63. The van der Waals surface area contributed by atoms with Crippen LogP contribution in [0.5, 0.6) is 0 Å². The van der Waals surface area contributed by atoms with Gasteiger partial charge in [0, 0.05) is 19.5 Å². The molecule has 3 heteroatoms. The van der Waals surface area contributed by atoms with Crippen LogP contribution in [0.3, 0.4) is 0 Å². The zero-order valence-corrected chi connectivity index (χ0v) is 8.12. The number of piperidine rings is 1. The van der Waals surface area contributed by atoms with Gasteiger partial charge in [-0.2, -0.15) is 0 Å². The summed E-state index contributed by atoms with van der Waals surface area (Å²) < 4.78 is 5.42. The minimum Gasteiger partial charge on any atom is -0.495 e. The van der Waals surface area contributed by atoms with Crippen molar-refractivity contribution in [1.29, 1.82) is 0 Å². The lowest BCUT2D eigenvalue weighted by atomic mass is 9.89. The van der Waals surface area contributed by atoms with Crippen molar-refractivity contribution in [1.82, 2.24) is 4.90 Å². The van der Waals surface area contributed by atoms with Crippen LogP contribution in [0.25, 0.3) is 0 Å². The van der Waals surface area contributed by atoms with Gasteiger partial charge in [0.2, 0.25) is 0 Å². The minimum absolute atomic E-state index is 0.664. The molecule has 0 aromatic carbocycles. The molecule has 0 radical (unpaired) electrons. The molecule has 1 saturated heterocycles. The number of hydrogen-bond acceptors (Lipinski definition) is 3. The number of likely N-dealkylation sites (tertiary alicyclic amines) is 1. The first-order valence-electron chi connectivity index (χ1n) is 4.95. The van der Waals surface area contributed by atoms with Crippen molar-refractivity contribution in [3.63, 3.8) is 0 Å². The van der Waals surface area contributed by atoms with Crippen LogP contribution in [0, 0.1) is 0 Å². The maximum absolute atomic E-state index is 10.3. The third-order valence-corrected chi connectivity index (χ3v) is 2.98. The number of aliphatic hydroxyl groups is 1. The Kier molecular flexibility index (Phi) is 2.30. The molecule has 0 unspecified atom stereocenters. The first-order valence-corrected chi connectivity index (χ1v) is 4.95. The van der Waals surface area contributed by atoms with Crippen molar-refractivity contribution >= 4 is 0 Å². The second-order valence-corrected chi connectivity index (χ2v) is 4.04. The monoisotopic (exact) mass is 183 g/mol. The summed E-state index contributed by atoms with van der Waals surface area (Å²) in [5.74, 6) is 0.820. The lowest BCUT2D eigenvalue weighted by Crippen LogP contribution is -2.44. The van der Waals surface area contributed by atoms with E-state index >= 15 is 0 Å². The van der Waals surface area contributed by atoms with Gasteiger partial charge in [-0.25, -0.2) is 0 Å². The summed E-state index contributed by atoms with van der Waals surface area (Å²) in [6, 6.07) is 0. The molecule has 0 amide bonds. The molecule has 0 aromatic heterocycles. The summed E-state index contributed by atoms with van der Waals surface area (Å²) in [4.78, 5) is 2.24. The average molecular weight is 183 g/mol. The molecule has 0 aromatic rings.